The molecule has 2 unspecified atom stereocenters. The van der Waals surface area contributed by atoms with Crippen molar-refractivity contribution in [3.05, 3.63) is 0 Å². The van der Waals surface area contributed by atoms with Crippen molar-refractivity contribution >= 4 is 11.9 Å². The number of aliphatic carboxylic acids is 1. The summed E-state index contributed by atoms with van der Waals surface area (Å²) in [5.41, 5.74) is 5.76. The van der Waals surface area contributed by atoms with Gasteiger partial charge in [-0.05, 0) is 12.3 Å². The van der Waals surface area contributed by atoms with Crippen LogP contribution in [-0.2, 0) is 9.59 Å². The molecule has 0 heterocycles. The third-order valence-electron chi connectivity index (χ3n) is 2.65. The molecule has 4 N–H and O–H groups in total. The number of carbonyl (C=O) groups is 2. The third-order valence-corrected chi connectivity index (χ3v) is 2.65. The normalized spacial score (nSPS) is 14.4. The van der Waals surface area contributed by atoms with Crippen LogP contribution in [0, 0.1) is 5.92 Å². The molecule has 2 atom stereocenters. The Labute approximate surface area is 103 Å². The molecule has 17 heavy (non-hydrogen) atoms. The molecular formula is C12H24N2O3. The van der Waals surface area contributed by atoms with Crippen LogP contribution in [0.25, 0.3) is 0 Å². The Morgan fingerprint density at radius 2 is 1.88 bits per heavy atom. The van der Waals surface area contributed by atoms with E-state index in [-0.39, 0.29) is 36.8 Å². The number of nitrogens with one attached hydrogen (secondary N) is 1. The molecule has 0 aliphatic rings. The zero-order valence-corrected chi connectivity index (χ0v) is 10.9. The molecule has 0 aliphatic carbocycles. The van der Waals surface area contributed by atoms with Crippen molar-refractivity contribution < 1.29 is 14.7 Å². The van der Waals surface area contributed by atoms with Gasteiger partial charge in [-0.25, -0.2) is 0 Å². The van der Waals surface area contributed by atoms with Gasteiger partial charge in [-0.2, -0.15) is 0 Å². The van der Waals surface area contributed by atoms with Crippen molar-refractivity contribution in [2.24, 2.45) is 11.7 Å². The summed E-state index contributed by atoms with van der Waals surface area (Å²) in [4.78, 5) is 22.3. The Hall–Kier alpha value is -1.10. The van der Waals surface area contributed by atoms with E-state index in [2.05, 4.69) is 5.32 Å². The van der Waals surface area contributed by atoms with E-state index in [0.29, 0.717) is 0 Å². The lowest BCUT2D eigenvalue weighted by atomic mass is 10.0. The molecule has 0 aromatic carbocycles. The van der Waals surface area contributed by atoms with Crippen LogP contribution < -0.4 is 11.1 Å². The van der Waals surface area contributed by atoms with Crippen LogP contribution in [0.2, 0.25) is 0 Å². The monoisotopic (exact) mass is 244 g/mol. The lowest BCUT2D eigenvalue weighted by molar-refractivity contribution is -0.138. The van der Waals surface area contributed by atoms with Gasteiger partial charge in [0.15, 0.2) is 0 Å². The van der Waals surface area contributed by atoms with Crippen LogP contribution >= 0.6 is 0 Å². The average Bonchev–Trinajstić information content (AvgIpc) is 2.15. The second-order valence-electron chi connectivity index (χ2n) is 4.77. The lowest BCUT2D eigenvalue weighted by Crippen LogP contribution is -2.42. The molecule has 0 radical (unpaired) electrons. The molecule has 100 valence electrons. The van der Waals surface area contributed by atoms with E-state index < -0.39 is 5.97 Å². The minimum Gasteiger partial charge on any atom is -0.481 e. The maximum absolute atomic E-state index is 11.6. The first-order valence-electron chi connectivity index (χ1n) is 6.13. The lowest BCUT2D eigenvalue weighted by Gasteiger charge is -2.21. The molecule has 0 aliphatic heterocycles. The molecule has 0 aromatic rings. The van der Waals surface area contributed by atoms with E-state index in [4.69, 9.17) is 10.8 Å². The highest BCUT2D eigenvalue weighted by molar-refractivity contribution is 5.78. The quantitative estimate of drug-likeness (QED) is 0.596. The van der Waals surface area contributed by atoms with Crippen LogP contribution in [0.4, 0.5) is 0 Å². The van der Waals surface area contributed by atoms with Gasteiger partial charge in [-0.3, -0.25) is 9.59 Å². The third kappa shape index (κ3) is 7.74. The number of hydrogen-bond donors (Lipinski definition) is 3. The van der Waals surface area contributed by atoms with Crippen molar-refractivity contribution in [2.45, 2.75) is 58.5 Å². The summed E-state index contributed by atoms with van der Waals surface area (Å²) in [7, 11) is 0. The van der Waals surface area contributed by atoms with Gasteiger partial charge >= 0.3 is 5.97 Å². The molecule has 0 aromatic heterocycles. The number of carboxylic acid groups (broad SMARTS) is 1. The molecule has 5 heteroatoms. The summed E-state index contributed by atoms with van der Waals surface area (Å²) in [6.07, 6.45) is 1.96. The van der Waals surface area contributed by atoms with Gasteiger partial charge < -0.3 is 16.2 Å². The van der Waals surface area contributed by atoms with Crippen molar-refractivity contribution in [3.8, 4) is 0 Å². The molecule has 0 bridgehead atoms. The predicted octanol–water partition coefficient (Wildman–Crippen LogP) is 1.12. The largest absolute Gasteiger partial charge is 0.481 e. The Kier molecular flexibility index (Phi) is 7.54. The van der Waals surface area contributed by atoms with E-state index in [0.717, 1.165) is 12.8 Å². The Bertz CT molecular complexity index is 254. The molecule has 0 spiro atoms. The first kappa shape index (κ1) is 15.9. The SMILES string of the molecule is CCCC(N)CC(=O)NC(CC(=O)O)C(C)C. The fourth-order valence-electron chi connectivity index (χ4n) is 1.62. The molecule has 1 amide bonds. The number of rotatable bonds is 8. The smallest absolute Gasteiger partial charge is 0.305 e. The fourth-order valence-corrected chi connectivity index (χ4v) is 1.62. The van der Waals surface area contributed by atoms with Gasteiger partial charge in [0.1, 0.15) is 0 Å². The summed E-state index contributed by atoms with van der Waals surface area (Å²) in [5.74, 6) is -0.967. The fraction of sp³-hybridized carbons (Fsp3) is 0.833. The summed E-state index contributed by atoms with van der Waals surface area (Å²) in [5, 5.41) is 11.5. The second-order valence-corrected chi connectivity index (χ2v) is 4.77. The van der Waals surface area contributed by atoms with E-state index in [1.54, 1.807) is 0 Å². The van der Waals surface area contributed by atoms with E-state index in [9.17, 15) is 9.59 Å². The highest BCUT2D eigenvalue weighted by atomic mass is 16.4. The summed E-state index contributed by atoms with van der Waals surface area (Å²) in [6.45, 7) is 5.79. The van der Waals surface area contributed by atoms with Gasteiger partial charge in [0.2, 0.25) is 5.91 Å². The van der Waals surface area contributed by atoms with Crippen LogP contribution in [0.5, 0.6) is 0 Å². The van der Waals surface area contributed by atoms with Crippen LogP contribution in [0.1, 0.15) is 46.5 Å². The van der Waals surface area contributed by atoms with Gasteiger partial charge in [0.05, 0.1) is 6.42 Å². The Balaban J connectivity index is 4.16. The van der Waals surface area contributed by atoms with E-state index >= 15 is 0 Å². The summed E-state index contributed by atoms with van der Waals surface area (Å²) >= 11 is 0. The average molecular weight is 244 g/mol. The maximum Gasteiger partial charge on any atom is 0.305 e. The molecule has 0 rings (SSSR count). The minimum absolute atomic E-state index is 0.0492. The van der Waals surface area contributed by atoms with Gasteiger partial charge in [-0.1, -0.05) is 27.2 Å². The minimum atomic E-state index is -0.901. The number of carboxylic acids is 1. The molecular weight excluding hydrogens is 220 g/mol. The number of carbonyl (C=O) groups excluding carboxylic acids is 1. The van der Waals surface area contributed by atoms with Crippen LogP contribution in [0.15, 0.2) is 0 Å². The molecule has 0 saturated carbocycles. The van der Waals surface area contributed by atoms with Crippen molar-refractivity contribution in [1.82, 2.24) is 5.32 Å². The molecule has 5 nitrogen and oxygen atoms in total. The Morgan fingerprint density at radius 1 is 1.29 bits per heavy atom. The zero-order chi connectivity index (χ0) is 13.4. The predicted molar refractivity (Wildman–Crippen MR) is 66.5 cm³/mol. The maximum atomic E-state index is 11.6. The Morgan fingerprint density at radius 3 is 2.29 bits per heavy atom. The first-order chi connectivity index (χ1) is 7.86. The van der Waals surface area contributed by atoms with Crippen molar-refractivity contribution in [2.75, 3.05) is 0 Å². The number of amides is 1. The molecule has 0 fully saturated rings. The van der Waals surface area contributed by atoms with Crippen molar-refractivity contribution in [3.63, 3.8) is 0 Å². The summed E-state index contributed by atoms with van der Waals surface area (Å²) < 4.78 is 0. The topological polar surface area (TPSA) is 92.4 Å². The number of hydrogen-bond acceptors (Lipinski definition) is 3. The van der Waals surface area contributed by atoms with Crippen LogP contribution in [0.3, 0.4) is 0 Å². The number of nitrogens with two attached hydrogens (primary N) is 1. The highest BCUT2D eigenvalue weighted by Gasteiger charge is 2.20. The van der Waals surface area contributed by atoms with Gasteiger partial charge in [0.25, 0.3) is 0 Å². The van der Waals surface area contributed by atoms with Gasteiger partial charge in [0, 0.05) is 18.5 Å². The highest BCUT2D eigenvalue weighted by Crippen LogP contribution is 2.07. The van der Waals surface area contributed by atoms with E-state index in [1.807, 2.05) is 20.8 Å². The van der Waals surface area contributed by atoms with E-state index in [1.165, 1.54) is 0 Å². The van der Waals surface area contributed by atoms with Crippen molar-refractivity contribution in [1.29, 1.82) is 0 Å². The summed E-state index contributed by atoms with van der Waals surface area (Å²) in [6, 6.07) is -0.466. The van der Waals surface area contributed by atoms with Crippen LogP contribution in [-0.4, -0.2) is 29.1 Å². The van der Waals surface area contributed by atoms with Gasteiger partial charge in [-0.15, -0.1) is 0 Å². The second kappa shape index (κ2) is 8.06. The molecule has 0 saturated heterocycles. The zero-order valence-electron chi connectivity index (χ0n) is 10.9. The first-order valence-corrected chi connectivity index (χ1v) is 6.13. The standard InChI is InChI=1S/C12H24N2O3/c1-4-5-9(13)6-11(15)14-10(8(2)3)7-12(16)17/h8-10H,4-7,13H2,1-3H3,(H,14,15)(H,16,17).